The van der Waals surface area contributed by atoms with Crippen LogP contribution in [0.5, 0.6) is 0 Å². The van der Waals surface area contributed by atoms with Crippen molar-refractivity contribution in [3.05, 3.63) is 24.3 Å². The van der Waals surface area contributed by atoms with Crippen molar-refractivity contribution in [2.75, 3.05) is 24.2 Å². The van der Waals surface area contributed by atoms with Crippen LogP contribution < -0.4 is 10.6 Å². The second-order valence-corrected chi connectivity index (χ2v) is 7.23. The van der Waals surface area contributed by atoms with Crippen LogP contribution in [0.1, 0.15) is 13.3 Å². The van der Waals surface area contributed by atoms with Gasteiger partial charge in [-0.05, 0) is 24.5 Å². The predicted molar refractivity (Wildman–Crippen MR) is 73.5 cm³/mol. The van der Waals surface area contributed by atoms with Crippen LogP contribution in [0.2, 0.25) is 0 Å². The molecule has 0 aliphatic carbocycles. The molecule has 1 heterocycles. The zero-order valence-electron chi connectivity index (χ0n) is 10.8. The first kappa shape index (κ1) is 13.4. The molecule has 2 rings (SSSR count). The van der Waals surface area contributed by atoms with Crippen molar-refractivity contribution in [3.63, 3.8) is 0 Å². The van der Waals surface area contributed by atoms with Gasteiger partial charge in [-0.25, -0.2) is 8.42 Å². The van der Waals surface area contributed by atoms with Gasteiger partial charge in [0.25, 0.3) is 0 Å². The number of hydrogen-bond acceptors (Lipinski definition) is 4. The third kappa shape index (κ3) is 2.84. The first-order chi connectivity index (χ1) is 8.38. The largest absolute Gasteiger partial charge is 0.369 e. The SMILES string of the molecule is CC1CC(N)CN(c2ccccc2S(C)(=O)=O)C1. The van der Waals surface area contributed by atoms with Crippen molar-refractivity contribution >= 4 is 15.5 Å². The number of anilines is 1. The summed E-state index contributed by atoms with van der Waals surface area (Å²) in [6.45, 7) is 3.73. The zero-order valence-corrected chi connectivity index (χ0v) is 11.7. The highest BCUT2D eigenvalue weighted by atomic mass is 32.2. The maximum Gasteiger partial charge on any atom is 0.177 e. The van der Waals surface area contributed by atoms with Gasteiger partial charge in [0, 0.05) is 25.4 Å². The fourth-order valence-electron chi connectivity index (χ4n) is 2.63. The molecule has 1 aliphatic rings. The summed E-state index contributed by atoms with van der Waals surface area (Å²) >= 11 is 0. The molecular formula is C13H20N2O2S. The van der Waals surface area contributed by atoms with Gasteiger partial charge in [0.2, 0.25) is 0 Å². The topological polar surface area (TPSA) is 63.4 Å². The molecule has 100 valence electrons. The average molecular weight is 268 g/mol. The number of para-hydroxylation sites is 1. The highest BCUT2D eigenvalue weighted by Crippen LogP contribution is 2.28. The second-order valence-electron chi connectivity index (χ2n) is 5.25. The lowest BCUT2D eigenvalue weighted by molar-refractivity contribution is 0.400. The average Bonchev–Trinajstić information content (AvgIpc) is 2.26. The summed E-state index contributed by atoms with van der Waals surface area (Å²) in [6.07, 6.45) is 2.25. The van der Waals surface area contributed by atoms with Gasteiger partial charge in [-0.15, -0.1) is 0 Å². The van der Waals surface area contributed by atoms with Crippen molar-refractivity contribution < 1.29 is 8.42 Å². The Hall–Kier alpha value is -1.07. The maximum absolute atomic E-state index is 11.8. The van der Waals surface area contributed by atoms with E-state index in [-0.39, 0.29) is 6.04 Å². The number of piperidine rings is 1. The fraction of sp³-hybridized carbons (Fsp3) is 0.538. The standard InChI is InChI=1S/C13H20N2O2S/c1-10-7-11(14)9-15(8-10)12-5-3-4-6-13(12)18(2,16)17/h3-6,10-11H,7-9,14H2,1-2H3. The van der Waals surface area contributed by atoms with E-state index in [2.05, 4.69) is 11.8 Å². The van der Waals surface area contributed by atoms with E-state index in [1.807, 2.05) is 12.1 Å². The van der Waals surface area contributed by atoms with Crippen LogP contribution in [0, 0.1) is 5.92 Å². The molecule has 2 N–H and O–H groups in total. The van der Waals surface area contributed by atoms with E-state index >= 15 is 0 Å². The smallest absolute Gasteiger partial charge is 0.177 e. The third-order valence-electron chi connectivity index (χ3n) is 3.30. The molecule has 1 saturated heterocycles. The molecule has 0 amide bonds. The highest BCUT2D eigenvalue weighted by Gasteiger charge is 2.25. The molecule has 2 atom stereocenters. The minimum absolute atomic E-state index is 0.112. The number of nitrogens with zero attached hydrogens (tertiary/aromatic N) is 1. The summed E-state index contributed by atoms with van der Waals surface area (Å²) in [6, 6.07) is 7.26. The summed E-state index contributed by atoms with van der Waals surface area (Å²) in [7, 11) is -3.20. The molecule has 0 radical (unpaired) electrons. The van der Waals surface area contributed by atoms with E-state index in [1.165, 1.54) is 6.26 Å². The summed E-state index contributed by atoms with van der Waals surface area (Å²) in [4.78, 5) is 2.49. The summed E-state index contributed by atoms with van der Waals surface area (Å²) in [5, 5.41) is 0. The van der Waals surface area contributed by atoms with E-state index in [9.17, 15) is 8.42 Å². The molecule has 0 saturated carbocycles. The molecule has 0 aromatic heterocycles. The van der Waals surface area contributed by atoms with Crippen LogP contribution in [0.25, 0.3) is 0 Å². The summed E-state index contributed by atoms with van der Waals surface area (Å²) in [5.41, 5.74) is 6.80. The minimum Gasteiger partial charge on any atom is -0.369 e. The Morgan fingerprint density at radius 3 is 2.56 bits per heavy atom. The van der Waals surface area contributed by atoms with Crippen LogP contribution in [0.15, 0.2) is 29.2 Å². The quantitative estimate of drug-likeness (QED) is 0.877. The first-order valence-electron chi connectivity index (χ1n) is 6.17. The van der Waals surface area contributed by atoms with E-state index in [1.54, 1.807) is 12.1 Å². The summed E-state index contributed by atoms with van der Waals surface area (Å²) in [5.74, 6) is 0.487. The molecule has 1 aromatic rings. The molecule has 1 aliphatic heterocycles. The Bertz CT molecular complexity index is 518. The Morgan fingerprint density at radius 2 is 1.94 bits per heavy atom. The molecule has 2 unspecified atom stereocenters. The van der Waals surface area contributed by atoms with Gasteiger partial charge in [-0.2, -0.15) is 0 Å². The van der Waals surface area contributed by atoms with Gasteiger partial charge in [0.15, 0.2) is 9.84 Å². The van der Waals surface area contributed by atoms with Gasteiger partial charge in [0.1, 0.15) is 0 Å². The Morgan fingerprint density at radius 1 is 1.28 bits per heavy atom. The highest BCUT2D eigenvalue weighted by molar-refractivity contribution is 7.90. The van der Waals surface area contributed by atoms with Crippen LogP contribution in [-0.4, -0.2) is 33.8 Å². The predicted octanol–water partition coefficient (Wildman–Crippen LogP) is 1.26. The van der Waals surface area contributed by atoms with Crippen LogP contribution in [0.4, 0.5) is 5.69 Å². The van der Waals surface area contributed by atoms with Crippen molar-refractivity contribution in [2.45, 2.75) is 24.3 Å². The van der Waals surface area contributed by atoms with Crippen molar-refractivity contribution in [1.29, 1.82) is 0 Å². The number of sulfone groups is 1. The third-order valence-corrected chi connectivity index (χ3v) is 4.44. The summed E-state index contributed by atoms with van der Waals surface area (Å²) < 4.78 is 23.6. The number of nitrogens with two attached hydrogens (primary N) is 1. The Labute approximate surface area is 109 Å². The van der Waals surface area contributed by atoms with Crippen LogP contribution >= 0.6 is 0 Å². The lowest BCUT2D eigenvalue weighted by Crippen LogP contribution is -2.46. The molecule has 4 nitrogen and oxygen atoms in total. The second kappa shape index (κ2) is 4.90. The van der Waals surface area contributed by atoms with Gasteiger partial charge in [-0.3, -0.25) is 0 Å². The van der Waals surface area contributed by atoms with Crippen molar-refractivity contribution in [1.82, 2.24) is 0 Å². The van der Waals surface area contributed by atoms with Gasteiger partial charge < -0.3 is 10.6 Å². The molecule has 0 spiro atoms. The molecule has 1 aromatic carbocycles. The van der Waals surface area contributed by atoms with E-state index in [4.69, 9.17) is 5.73 Å². The van der Waals surface area contributed by atoms with E-state index < -0.39 is 9.84 Å². The van der Waals surface area contributed by atoms with Gasteiger partial charge in [-0.1, -0.05) is 19.1 Å². The Balaban J connectivity index is 2.39. The number of hydrogen-bond donors (Lipinski definition) is 1. The lowest BCUT2D eigenvalue weighted by atomic mass is 9.96. The zero-order chi connectivity index (χ0) is 13.3. The van der Waals surface area contributed by atoms with Crippen LogP contribution in [-0.2, 0) is 9.84 Å². The van der Waals surface area contributed by atoms with Crippen LogP contribution in [0.3, 0.4) is 0 Å². The fourth-order valence-corrected chi connectivity index (χ4v) is 3.53. The molecule has 18 heavy (non-hydrogen) atoms. The number of rotatable bonds is 2. The molecular weight excluding hydrogens is 248 g/mol. The Kier molecular flexibility index (Phi) is 3.64. The number of benzene rings is 1. The monoisotopic (exact) mass is 268 g/mol. The maximum atomic E-state index is 11.8. The molecule has 1 fully saturated rings. The molecule has 0 bridgehead atoms. The normalized spacial score (nSPS) is 25.2. The minimum atomic E-state index is -3.20. The van der Waals surface area contributed by atoms with Crippen molar-refractivity contribution in [2.24, 2.45) is 11.7 Å². The molecule has 5 heteroatoms. The van der Waals surface area contributed by atoms with Crippen molar-refractivity contribution in [3.8, 4) is 0 Å². The van der Waals surface area contributed by atoms with Gasteiger partial charge >= 0.3 is 0 Å². The van der Waals surface area contributed by atoms with E-state index in [0.717, 1.165) is 25.2 Å². The van der Waals surface area contributed by atoms with E-state index in [0.29, 0.717) is 10.8 Å². The lowest BCUT2D eigenvalue weighted by Gasteiger charge is -2.37. The van der Waals surface area contributed by atoms with Gasteiger partial charge in [0.05, 0.1) is 10.6 Å². The first-order valence-corrected chi connectivity index (χ1v) is 8.06.